The molecule has 1 aliphatic heterocycles. The number of nitro benzene ring substituents is 2. The van der Waals surface area contributed by atoms with Crippen molar-refractivity contribution in [2.24, 2.45) is 9.98 Å². The van der Waals surface area contributed by atoms with E-state index < -0.39 is 9.85 Å². The molecule has 1 heterocycles. The number of nitro groups is 2. The number of benzene rings is 4. The van der Waals surface area contributed by atoms with Crippen LogP contribution in [0.15, 0.2) is 119 Å². The fourth-order valence-electron chi connectivity index (χ4n) is 4.12. The molecular formula is C30H22N6NiO4. The SMILES string of the molecule is O=[N+]([O-])c1ccc(C2=Nc3ccccc3N=CCC(c3ccc([N+](=O)[O-])cc3)[N-]c3ccccc3[N-]/C=C\2)cc1.[Ni+2]. The van der Waals surface area contributed by atoms with Gasteiger partial charge in [-0.1, -0.05) is 66.2 Å². The van der Waals surface area contributed by atoms with Gasteiger partial charge in [-0.05, 0) is 30.7 Å². The summed E-state index contributed by atoms with van der Waals surface area (Å²) in [5, 5.41) is 31.9. The van der Waals surface area contributed by atoms with Gasteiger partial charge in [0.25, 0.3) is 11.4 Å². The Balaban J connectivity index is 0.00000387. The molecule has 206 valence electrons. The van der Waals surface area contributed by atoms with Crippen LogP contribution in [0.4, 0.5) is 34.1 Å². The first-order chi connectivity index (χ1) is 19.5. The van der Waals surface area contributed by atoms with Gasteiger partial charge in [0.1, 0.15) is 0 Å². The molecule has 0 spiro atoms. The second-order valence-corrected chi connectivity index (χ2v) is 8.76. The van der Waals surface area contributed by atoms with Gasteiger partial charge < -0.3 is 10.6 Å². The average Bonchev–Trinajstić information content (AvgIpc) is 2.97. The zero-order chi connectivity index (χ0) is 27.9. The normalized spacial score (nSPS) is 15.3. The number of hydrogen-bond donors (Lipinski definition) is 0. The molecule has 4 aromatic rings. The predicted octanol–water partition coefficient (Wildman–Crippen LogP) is 8.69. The number of hydrogen-bond acceptors (Lipinski definition) is 6. The molecule has 0 aromatic heterocycles. The topological polar surface area (TPSA) is 139 Å². The van der Waals surface area contributed by atoms with Gasteiger partial charge >= 0.3 is 16.5 Å². The van der Waals surface area contributed by atoms with E-state index in [9.17, 15) is 20.2 Å². The minimum Gasteiger partial charge on any atom is -0.679 e. The Labute approximate surface area is 245 Å². The molecule has 10 nitrogen and oxygen atoms in total. The first-order valence-corrected chi connectivity index (χ1v) is 12.3. The molecule has 0 bridgehead atoms. The number of nitrogens with zero attached hydrogens (tertiary/aromatic N) is 6. The molecule has 0 fully saturated rings. The maximum absolute atomic E-state index is 11.1. The number of rotatable bonds is 4. The number of fused-ring (bicyclic) bond motifs is 2. The standard InChI is InChI=1S/C30H22N6O4.Ni/c37-35(38)23-13-9-21(10-14-23)25-18-20-32-28-6-2-4-8-30(28)34-26(22-11-15-24(16-12-22)36(39)40)17-19-31-27-5-1-3-7-29(27)33-25;/h1-17,19-20,25H,18H2;/q-2;+2/b19-17-,32-20?,34-26?;. The van der Waals surface area contributed by atoms with Crippen molar-refractivity contribution in [1.82, 2.24) is 0 Å². The second kappa shape index (κ2) is 13.3. The maximum Gasteiger partial charge on any atom is 2.00 e. The third kappa shape index (κ3) is 7.09. The fraction of sp³-hybridized carbons (Fsp3) is 0.0667. The van der Waals surface area contributed by atoms with E-state index in [1.54, 1.807) is 42.8 Å². The van der Waals surface area contributed by atoms with Gasteiger partial charge in [-0.2, -0.15) is 17.6 Å². The van der Waals surface area contributed by atoms with E-state index in [2.05, 4.69) is 10.3 Å². The van der Waals surface area contributed by atoms with Crippen molar-refractivity contribution in [3.8, 4) is 0 Å². The van der Waals surface area contributed by atoms with Crippen LogP contribution in [0.3, 0.4) is 0 Å². The zero-order valence-electron chi connectivity index (χ0n) is 21.4. The van der Waals surface area contributed by atoms with Crippen molar-refractivity contribution >= 4 is 46.1 Å². The van der Waals surface area contributed by atoms with E-state index in [4.69, 9.17) is 10.3 Å². The summed E-state index contributed by atoms with van der Waals surface area (Å²) in [5.41, 5.74) is 4.55. The van der Waals surface area contributed by atoms with Crippen LogP contribution in [0.1, 0.15) is 23.6 Å². The molecule has 5 rings (SSSR count). The van der Waals surface area contributed by atoms with Gasteiger partial charge in [0.15, 0.2) is 0 Å². The van der Waals surface area contributed by atoms with Crippen LogP contribution < -0.4 is 0 Å². The van der Waals surface area contributed by atoms with E-state index >= 15 is 0 Å². The predicted molar refractivity (Wildman–Crippen MR) is 156 cm³/mol. The van der Waals surface area contributed by atoms with Crippen molar-refractivity contribution in [3.05, 3.63) is 151 Å². The van der Waals surface area contributed by atoms with Crippen LogP contribution in [0, 0.1) is 20.2 Å². The molecule has 41 heavy (non-hydrogen) atoms. The summed E-state index contributed by atoms with van der Waals surface area (Å²) < 4.78 is 0. The number of para-hydroxylation sites is 4. The Bertz CT molecular complexity index is 1640. The summed E-state index contributed by atoms with van der Waals surface area (Å²) in [6.45, 7) is 0. The summed E-state index contributed by atoms with van der Waals surface area (Å²) in [4.78, 5) is 30.9. The first kappa shape index (κ1) is 28.9. The number of non-ortho nitro benzene ring substituents is 2. The Kier molecular flexibility index (Phi) is 9.34. The van der Waals surface area contributed by atoms with Crippen molar-refractivity contribution < 1.29 is 26.3 Å². The first-order valence-electron chi connectivity index (χ1n) is 12.3. The van der Waals surface area contributed by atoms with Crippen molar-refractivity contribution in [1.29, 1.82) is 0 Å². The smallest absolute Gasteiger partial charge is 0.679 e. The van der Waals surface area contributed by atoms with Crippen LogP contribution in [-0.4, -0.2) is 21.8 Å². The Hall–Kier alpha value is -5.15. The quantitative estimate of drug-likeness (QED) is 0.133. The molecule has 0 saturated carbocycles. The van der Waals surface area contributed by atoms with Crippen LogP contribution in [0.2, 0.25) is 0 Å². The number of aliphatic imine (C=N–C) groups is 2. The molecule has 0 aliphatic carbocycles. The van der Waals surface area contributed by atoms with Gasteiger partial charge in [0.2, 0.25) is 0 Å². The van der Waals surface area contributed by atoms with E-state index in [1.165, 1.54) is 24.3 Å². The molecular weight excluding hydrogens is 567 g/mol. The minimum atomic E-state index is -0.446. The van der Waals surface area contributed by atoms with Crippen LogP contribution >= 0.6 is 0 Å². The maximum atomic E-state index is 11.1. The summed E-state index contributed by atoms with van der Waals surface area (Å²) in [7, 11) is 0. The Morgan fingerprint density at radius 3 is 1.98 bits per heavy atom. The van der Waals surface area contributed by atoms with Crippen LogP contribution in [0.25, 0.3) is 10.6 Å². The van der Waals surface area contributed by atoms with Gasteiger partial charge in [0.05, 0.1) is 26.9 Å². The molecule has 1 aliphatic rings. The number of allylic oxidation sites excluding steroid dienone is 1. The molecule has 1 atom stereocenters. The largest absolute Gasteiger partial charge is 2.00 e. The van der Waals surface area contributed by atoms with Crippen molar-refractivity contribution in [3.63, 3.8) is 0 Å². The Morgan fingerprint density at radius 2 is 1.32 bits per heavy atom. The summed E-state index contributed by atoms with van der Waals surface area (Å²) in [6, 6.07) is 27.0. The fourth-order valence-corrected chi connectivity index (χ4v) is 4.12. The molecule has 0 N–H and O–H groups in total. The van der Waals surface area contributed by atoms with Crippen molar-refractivity contribution in [2.45, 2.75) is 12.5 Å². The van der Waals surface area contributed by atoms with Gasteiger partial charge in [0, 0.05) is 36.0 Å². The monoisotopic (exact) mass is 588 g/mol. The summed E-state index contributed by atoms with van der Waals surface area (Å²) in [5.74, 6) is 0. The van der Waals surface area contributed by atoms with Crippen LogP contribution in [0.5, 0.6) is 0 Å². The molecule has 0 radical (unpaired) electrons. The second-order valence-electron chi connectivity index (χ2n) is 8.76. The van der Waals surface area contributed by atoms with E-state index in [0.29, 0.717) is 40.4 Å². The van der Waals surface area contributed by atoms with Gasteiger partial charge in [-0.25, -0.2) is 4.99 Å². The average molecular weight is 589 g/mol. The third-order valence-electron chi connectivity index (χ3n) is 6.17. The molecule has 0 amide bonds. The van der Waals surface area contributed by atoms with E-state index in [0.717, 1.165) is 5.56 Å². The minimum absolute atomic E-state index is 0. The van der Waals surface area contributed by atoms with Gasteiger partial charge in [-0.3, -0.25) is 25.2 Å². The van der Waals surface area contributed by atoms with Gasteiger partial charge in [-0.15, -0.1) is 0 Å². The van der Waals surface area contributed by atoms with Crippen LogP contribution in [-0.2, 0) is 16.5 Å². The summed E-state index contributed by atoms with van der Waals surface area (Å²) >= 11 is 0. The molecule has 0 saturated heterocycles. The Morgan fingerprint density at radius 1 is 0.732 bits per heavy atom. The van der Waals surface area contributed by atoms with Crippen molar-refractivity contribution in [2.75, 3.05) is 0 Å². The van der Waals surface area contributed by atoms with E-state index in [1.807, 2.05) is 48.5 Å². The zero-order valence-corrected chi connectivity index (χ0v) is 22.4. The third-order valence-corrected chi connectivity index (χ3v) is 6.17. The molecule has 4 aromatic carbocycles. The van der Waals surface area contributed by atoms with E-state index in [-0.39, 0.29) is 33.9 Å². The molecule has 11 heteroatoms. The summed E-state index contributed by atoms with van der Waals surface area (Å²) in [6.07, 6.45) is 5.54. The molecule has 1 unspecified atom stereocenters.